The number of hydrogen-bond acceptors (Lipinski definition) is 4. The summed E-state index contributed by atoms with van der Waals surface area (Å²) in [6.45, 7) is 6.89. The minimum atomic E-state index is 0.126. The van der Waals surface area contributed by atoms with E-state index in [1.807, 2.05) is 6.92 Å². The molecule has 2 rings (SSSR count). The summed E-state index contributed by atoms with van der Waals surface area (Å²) in [7, 11) is 0. The van der Waals surface area contributed by atoms with Crippen LogP contribution in [0.4, 0.5) is 0 Å². The van der Waals surface area contributed by atoms with Crippen molar-refractivity contribution in [1.82, 2.24) is 15.1 Å². The molecule has 0 aromatic carbocycles. The molecule has 1 N–H and O–H groups in total. The SMILES string of the molecule is CCN1C(=O)CN=C1N1CCNCC1. The normalized spacial score (nSPS) is 22.9. The van der Waals surface area contributed by atoms with Crippen molar-refractivity contribution in [3.63, 3.8) is 0 Å². The molecule has 2 aliphatic heterocycles. The summed E-state index contributed by atoms with van der Waals surface area (Å²) in [5.41, 5.74) is 0. The molecule has 1 amide bonds. The molecule has 5 heteroatoms. The van der Waals surface area contributed by atoms with Gasteiger partial charge in [0.25, 0.3) is 5.91 Å². The van der Waals surface area contributed by atoms with Crippen molar-refractivity contribution in [2.45, 2.75) is 6.92 Å². The smallest absolute Gasteiger partial charge is 0.251 e. The van der Waals surface area contributed by atoms with Crippen molar-refractivity contribution in [1.29, 1.82) is 0 Å². The van der Waals surface area contributed by atoms with E-state index in [0.29, 0.717) is 6.54 Å². The highest BCUT2D eigenvalue weighted by Gasteiger charge is 2.28. The molecule has 0 unspecified atom stereocenters. The molecule has 0 radical (unpaired) electrons. The molecule has 0 aliphatic carbocycles. The summed E-state index contributed by atoms with van der Waals surface area (Å²) in [5, 5.41) is 3.28. The zero-order valence-electron chi connectivity index (χ0n) is 8.49. The third-order valence-corrected chi connectivity index (χ3v) is 2.61. The molecule has 0 saturated carbocycles. The Morgan fingerprint density at radius 3 is 2.79 bits per heavy atom. The van der Waals surface area contributed by atoms with Crippen LogP contribution in [0.15, 0.2) is 4.99 Å². The van der Waals surface area contributed by atoms with Gasteiger partial charge in [0.2, 0.25) is 5.96 Å². The highest BCUT2D eigenvalue weighted by atomic mass is 16.2. The number of aliphatic imine (C=N–C) groups is 1. The number of nitrogens with one attached hydrogen (secondary N) is 1. The van der Waals surface area contributed by atoms with Crippen LogP contribution in [0.1, 0.15) is 6.92 Å². The Hall–Kier alpha value is -1.10. The Bertz CT molecular complexity index is 258. The summed E-state index contributed by atoms with van der Waals surface area (Å²) in [6, 6.07) is 0. The van der Waals surface area contributed by atoms with Gasteiger partial charge in [-0.05, 0) is 6.92 Å². The molecule has 1 fully saturated rings. The molecule has 0 aromatic rings. The van der Waals surface area contributed by atoms with Crippen LogP contribution in [0, 0.1) is 0 Å². The third kappa shape index (κ3) is 1.59. The Morgan fingerprint density at radius 2 is 2.14 bits per heavy atom. The number of hydrogen-bond donors (Lipinski definition) is 1. The summed E-state index contributed by atoms with van der Waals surface area (Å²) >= 11 is 0. The first-order chi connectivity index (χ1) is 6.83. The standard InChI is InChI=1S/C9H16N4O/c1-2-13-8(14)7-11-9(13)12-5-3-10-4-6-12/h10H,2-7H2,1H3. The third-order valence-electron chi connectivity index (χ3n) is 2.61. The number of piperazine rings is 1. The highest BCUT2D eigenvalue weighted by molar-refractivity contribution is 6.02. The molecule has 0 bridgehead atoms. The molecule has 5 nitrogen and oxygen atoms in total. The van der Waals surface area contributed by atoms with Gasteiger partial charge >= 0.3 is 0 Å². The lowest BCUT2D eigenvalue weighted by atomic mass is 10.4. The van der Waals surface area contributed by atoms with E-state index in [1.165, 1.54) is 0 Å². The van der Waals surface area contributed by atoms with E-state index in [0.717, 1.165) is 38.7 Å². The fourth-order valence-electron chi connectivity index (χ4n) is 1.87. The van der Waals surface area contributed by atoms with Gasteiger partial charge in [0, 0.05) is 32.7 Å². The van der Waals surface area contributed by atoms with Crippen LogP contribution in [-0.2, 0) is 4.79 Å². The second-order valence-corrected chi connectivity index (χ2v) is 3.49. The van der Waals surface area contributed by atoms with Crippen molar-refractivity contribution in [2.24, 2.45) is 4.99 Å². The minimum Gasteiger partial charge on any atom is -0.340 e. The Labute approximate surface area is 83.8 Å². The number of amides is 1. The van der Waals surface area contributed by atoms with E-state index in [4.69, 9.17) is 0 Å². The first kappa shape index (κ1) is 9.45. The van der Waals surface area contributed by atoms with Crippen LogP contribution in [0.5, 0.6) is 0 Å². The maximum atomic E-state index is 11.4. The van der Waals surface area contributed by atoms with Gasteiger partial charge in [0.05, 0.1) is 0 Å². The molecule has 0 spiro atoms. The molecule has 14 heavy (non-hydrogen) atoms. The second-order valence-electron chi connectivity index (χ2n) is 3.49. The van der Waals surface area contributed by atoms with E-state index in [9.17, 15) is 4.79 Å². The van der Waals surface area contributed by atoms with Gasteiger partial charge in [-0.1, -0.05) is 0 Å². The van der Waals surface area contributed by atoms with Crippen molar-refractivity contribution in [3.8, 4) is 0 Å². The Kier molecular flexibility index (Phi) is 2.67. The van der Waals surface area contributed by atoms with E-state index < -0.39 is 0 Å². The quantitative estimate of drug-likeness (QED) is 0.592. The van der Waals surface area contributed by atoms with Gasteiger partial charge in [0.1, 0.15) is 6.54 Å². The number of guanidine groups is 1. The minimum absolute atomic E-state index is 0.126. The van der Waals surface area contributed by atoms with Gasteiger partial charge in [-0.3, -0.25) is 9.69 Å². The van der Waals surface area contributed by atoms with Crippen LogP contribution in [0.2, 0.25) is 0 Å². The zero-order chi connectivity index (χ0) is 9.97. The first-order valence-corrected chi connectivity index (χ1v) is 5.13. The predicted molar refractivity (Wildman–Crippen MR) is 54.1 cm³/mol. The van der Waals surface area contributed by atoms with Crippen LogP contribution in [0.25, 0.3) is 0 Å². The van der Waals surface area contributed by atoms with Crippen LogP contribution in [-0.4, -0.2) is 60.9 Å². The lowest BCUT2D eigenvalue weighted by Crippen LogP contribution is -2.51. The maximum Gasteiger partial charge on any atom is 0.251 e. The van der Waals surface area contributed by atoms with Crippen LogP contribution >= 0.6 is 0 Å². The molecule has 2 aliphatic rings. The van der Waals surface area contributed by atoms with E-state index >= 15 is 0 Å². The first-order valence-electron chi connectivity index (χ1n) is 5.13. The van der Waals surface area contributed by atoms with Gasteiger partial charge in [0.15, 0.2) is 0 Å². The summed E-state index contributed by atoms with van der Waals surface area (Å²) in [5.74, 6) is 1.00. The number of nitrogens with zero attached hydrogens (tertiary/aromatic N) is 3. The second kappa shape index (κ2) is 3.96. The van der Waals surface area contributed by atoms with Gasteiger partial charge in [-0.2, -0.15) is 0 Å². The van der Waals surface area contributed by atoms with Crippen molar-refractivity contribution in [3.05, 3.63) is 0 Å². The van der Waals surface area contributed by atoms with Crippen molar-refractivity contribution in [2.75, 3.05) is 39.3 Å². The molecule has 2 heterocycles. The summed E-state index contributed by atoms with van der Waals surface area (Å²) < 4.78 is 0. The monoisotopic (exact) mass is 196 g/mol. The largest absolute Gasteiger partial charge is 0.340 e. The van der Waals surface area contributed by atoms with E-state index in [2.05, 4.69) is 15.2 Å². The maximum absolute atomic E-state index is 11.4. The van der Waals surface area contributed by atoms with Gasteiger partial charge < -0.3 is 10.2 Å². The Morgan fingerprint density at radius 1 is 1.43 bits per heavy atom. The van der Waals surface area contributed by atoms with E-state index in [1.54, 1.807) is 4.90 Å². The average Bonchev–Trinajstić information content (AvgIpc) is 2.61. The van der Waals surface area contributed by atoms with Crippen molar-refractivity contribution >= 4 is 11.9 Å². The van der Waals surface area contributed by atoms with E-state index in [-0.39, 0.29) is 5.91 Å². The molecule has 78 valence electrons. The number of carbonyl (C=O) groups is 1. The van der Waals surface area contributed by atoms with Crippen LogP contribution in [0.3, 0.4) is 0 Å². The lowest BCUT2D eigenvalue weighted by Gasteiger charge is -2.32. The highest BCUT2D eigenvalue weighted by Crippen LogP contribution is 2.08. The van der Waals surface area contributed by atoms with Crippen molar-refractivity contribution < 1.29 is 4.79 Å². The van der Waals surface area contributed by atoms with Gasteiger partial charge in [-0.15, -0.1) is 0 Å². The predicted octanol–water partition coefficient (Wildman–Crippen LogP) is -0.890. The topological polar surface area (TPSA) is 47.9 Å². The van der Waals surface area contributed by atoms with Crippen LogP contribution < -0.4 is 5.32 Å². The molecular weight excluding hydrogens is 180 g/mol. The zero-order valence-corrected chi connectivity index (χ0v) is 8.49. The van der Waals surface area contributed by atoms with Gasteiger partial charge in [-0.25, -0.2) is 4.99 Å². The number of rotatable bonds is 1. The molecule has 1 saturated heterocycles. The number of likely N-dealkylation sites (N-methyl/N-ethyl adjacent to an activating group) is 1. The fraction of sp³-hybridized carbons (Fsp3) is 0.778. The molecule has 0 atom stereocenters. The molecular formula is C9H16N4O. The molecule has 0 aromatic heterocycles. The summed E-state index contributed by atoms with van der Waals surface area (Å²) in [6.07, 6.45) is 0. The lowest BCUT2D eigenvalue weighted by molar-refractivity contribution is -0.124. The summed E-state index contributed by atoms with van der Waals surface area (Å²) in [4.78, 5) is 19.7. The number of carbonyl (C=O) groups excluding carboxylic acids is 1. The Balaban J connectivity index is 2.05. The fourth-order valence-corrected chi connectivity index (χ4v) is 1.87. The average molecular weight is 196 g/mol.